The van der Waals surface area contributed by atoms with Crippen molar-refractivity contribution in [2.75, 3.05) is 6.61 Å². The molecule has 0 heterocycles. The zero-order valence-corrected chi connectivity index (χ0v) is 27.8. The fourth-order valence-corrected chi connectivity index (χ4v) is 5.84. The molecule has 2 aliphatic carbocycles. The third kappa shape index (κ3) is 8.16. The Morgan fingerprint density at radius 1 is 1.00 bits per heavy atom. The second-order valence-corrected chi connectivity index (χ2v) is 14.0. The van der Waals surface area contributed by atoms with Crippen molar-refractivity contribution < 1.29 is 43.9 Å². The number of fused-ring (bicyclic) bond motifs is 1. The Labute approximate surface area is 258 Å². The number of allylic oxidation sites excluding steroid dienone is 1. The molecule has 9 heteroatoms. The van der Waals surface area contributed by atoms with Crippen LogP contribution in [0.25, 0.3) is 0 Å². The third-order valence-corrected chi connectivity index (χ3v) is 9.35. The van der Waals surface area contributed by atoms with Crippen LogP contribution in [0.5, 0.6) is 0 Å². The number of ether oxygens (including phenoxy) is 3. The van der Waals surface area contributed by atoms with Crippen LogP contribution >= 0.6 is 0 Å². The molecule has 43 heavy (non-hydrogen) atoms. The number of rotatable bonds is 9. The fraction of sp³-hybridized carbons (Fsp3) is 0.794. The molecule has 1 saturated carbocycles. The van der Waals surface area contributed by atoms with Crippen molar-refractivity contribution in [3.8, 4) is 0 Å². The molecule has 0 saturated heterocycles. The molecule has 0 aliphatic heterocycles. The molecule has 11 unspecified atom stereocenters. The smallest absolute Gasteiger partial charge is 0.309 e. The van der Waals surface area contributed by atoms with E-state index in [1.165, 1.54) is 0 Å². The number of hydrogen-bond donors (Lipinski definition) is 3. The zero-order valence-electron chi connectivity index (χ0n) is 27.8. The van der Waals surface area contributed by atoms with Crippen molar-refractivity contribution in [1.29, 1.82) is 0 Å². The summed E-state index contributed by atoms with van der Waals surface area (Å²) in [6, 6.07) is 0. The van der Waals surface area contributed by atoms with Crippen LogP contribution in [0.3, 0.4) is 0 Å². The van der Waals surface area contributed by atoms with E-state index in [1.54, 1.807) is 53.7 Å². The van der Waals surface area contributed by atoms with Gasteiger partial charge in [0.05, 0.1) is 23.9 Å². The third-order valence-electron chi connectivity index (χ3n) is 9.35. The van der Waals surface area contributed by atoms with Gasteiger partial charge in [0.25, 0.3) is 0 Å². The highest BCUT2D eigenvalue weighted by Crippen LogP contribution is 2.48. The molecule has 0 amide bonds. The normalized spacial score (nSPS) is 37.1. The summed E-state index contributed by atoms with van der Waals surface area (Å²) < 4.78 is 18.4. The van der Waals surface area contributed by atoms with Crippen LogP contribution in [0, 0.1) is 40.9 Å². The van der Waals surface area contributed by atoms with E-state index in [2.05, 4.69) is 6.58 Å². The molecule has 0 radical (unpaired) electrons. The van der Waals surface area contributed by atoms with Gasteiger partial charge in [0.1, 0.15) is 23.9 Å². The Balaban J connectivity index is 2.91. The molecular weight excluding hydrogens is 552 g/mol. The number of aliphatic hydroxyl groups is 3. The van der Waals surface area contributed by atoms with Gasteiger partial charge in [0, 0.05) is 17.9 Å². The van der Waals surface area contributed by atoms with Gasteiger partial charge in [-0.15, -0.1) is 0 Å². The Hall–Kier alpha value is -2.07. The van der Waals surface area contributed by atoms with Crippen LogP contribution < -0.4 is 0 Å². The Kier molecular flexibility index (Phi) is 12.8. The van der Waals surface area contributed by atoms with E-state index >= 15 is 0 Å². The molecule has 9 nitrogen and oxygen atoms in total. The van der Waals surface area contributed by atoms with Crippen molar-refractivity contribution in [2.24, 2.45) is 40.9 Å². The lowest BCUT2D eigenvalue weighted by atomic mass is 9.72. The lowest BCUT2D eigenvalue weighted by Gasteiger charge is -2.43. The Morgan fingerprint density at radius 3 is 2.05 bits per heavy atom. The predicted octanol–water partition coefficient (Wildman–Crippen LogP) is 4.41. The summed E-state index contributed by atoms with van der Waals surface area (Å²) in [6.45, 7) is 22.3. The monoisotopic (exact) mass is 608 g/mol. The minimum Gasteiger partial charge on any atom is -0.457 e. The van der Waals surface area contributed by atoms with Gasteiger partial charge in [-0.25, -0.2) is 0 Å². The molecule has 0 aromatic carbocycles. The highest BCUT2D eigenvalue weighted by molar-refractivity contribution is 5.91. The van der Waals surface area contributed by atoms with Crippen molar-refractivity contribution in [3.05, 3.63) is 24.3 Å². The molecule has 1 fully saturated rings. The quantitative estimate of drug-likeness (QED) is 0.257. The van der Waals surface area contributed by atoms with Crippen LogP contribution in [0.4, 0.5) is 0 Å². The van der Waals surface area contributed by atoms with Gasteiger partial charge < -0.3 is 29.5 Å². The lowest BCUT2D eigenvalue weighted by molar-refractivity contribution is -0.183. The molecule has 0 bridgehead atoms. The summed E-state index contributed by atoms with van der Waals surface area (Å²) in [5, 5.41) is 35.5. The van der Waals surface area contributed by atoms with Gasteiger partial charge in [-0.2, -0.15) is 0 Å². The number of aliphatic hydroxyl groups excluding tert-OH is 2. The average Bonchev–Trinajstić information content (AvgIpc) is 3.18. The minimum absolute atomic E-state index is 0.0303. The van der Waals surface area contributed by atoms with Gasteiger partial charge in [-0.05, 0) is 36.7 Å². The summed E-state index contributed by atoms with van der Waals surface area (Å²) >= 11 is 0. The number of ketones is 1. The Bertz CT molecular complexity index is 1030. The number of esters is 2. The van der Waals surface area contributed by atoms with E-state index in [4.69, 9.17) is 14.2 Å². The molecule has 0 aromatic heterocycles. The standard InChI is InChI=1S/C34H56O9/c1-12-19(5)31(38)42-26-23(9)27(41-17-18(3)4)28(43-32(39)20(6)13-2)30(37)33(10,11)15-14-21(7)29(36)34(40)16-22(8)25(35)24(26)34/h14-15,18-22,24-28,30,35,37,40H,9,12-13,16-17H2,1-8,10-11H3/b15-14-. The maximum atomic E-state index is 13.9. The highest BCUT2D eigenvalue weighted by atomic mass is 16.6. The molecule has 11 atom stereocenters. The lowest BCUT2D eigenvalue weighted by Crippen LogP contribution is -2.57. The van der Waals surface area contributed by atoms with Gasteiger partial charge in [0.2, 0.25) is 0 Å². The predicted molar refractivity (Wildman–Crippen MR) is 164 cm³/mol. The zero-order chi connectivity index (χ0) is 33.0. The first-order valence-corrected chi connectivity index (χ1v) is 15.9. The van der Waals surface area contributed by atoms with E-state index in [0.717, 1.165) is 0 Å². The molecule has 0 aromatic rings. The van der Waals surface area contributed by atoms with Crippen LogP contribution in [0.2, 0.25) is 0 Å². The van der Waals surface area contributed by atoms with Crippen LogP contribution in [-0.4, -0.2) is 75.8 Å². The molecular formula is C34H56O9. The Morgan fingerprint density at radius 2 is 1.53 bits per heavy atom. The first-order valence-electron chi connectivity index (χ1n) is 15.9. The number of hydrogen-bond acceptors (Lipinski definition) is 9. The summed E-state index contributed by atoms with van der Waals surface area (Å²) in [6.07, 6.45) is -2.19. The second kappa shape index (κ2) is 14.8. The van der Waals surface area contributed by atoms with Gasteiger partial charge >= 0.3 is 11.9 Å². The van der Waals surface area contributed by atoms with Gasteiger partial charge in [-0.3, -0.25) is 14.4 Å². The maximum absolute atomic E-state index is 13.9. The summed E-state index contributed by atoms with van der Waals surface area (Å²) in [7, 11) is 0. The van der Waals surface area contributed by atoms with E-state index < -0.39 is 88.8 Å². The molecule has 3 N–H and O–H groups in total. The van der Waals surface area contributed by atoms with Crippen LogP contribution in [0.1, 0.15) is 88.5 Å². The van der Waals surface area contributed by atoms with Crippen LogP contribution in [-0.2, 0) is 28.6 Å². The largest absolute Gasteiger partial charge is 0.457 e. The van der Waals surface area contributed by atoms with Crippen molar-refractivity contribution >= 4 is 17.7 Å². The number of carbonyl (C=O) groups excluding carboxylic acids is 3. The van der Waals surface area contributed by atoms with Crippen molar-refractivity contribution in [3.63, 3.8) is 0 Å². The summed E-state index contributed by atoms with van der Waals surface area (Å²) in [4.78, 5) is 40.5. The minimum atomic E-state index is -2.06. The molecule has 2 aliphatic rings. The van der Waals surface area contributed by atoms with Crippen molar-refractivity contribution in [2.45, 2.75) is 125 Å². The number of carbonyl (C=O) groups is 3. The van der Waals surface area contributed by atoms with E-state index in [-0.39, 0.29) is 24.5 Å². The van der Waals surface area contributed by atoms with Gasteiger partial charge in [-0.1, -0.05) is 88.0 Å². The fourth-order valence-electron chi connectivity index (χ4n) is 5.84. The maximum Gasteiger partial charge on any atom is 0.309 e. The summed E-state index contributed by atoms with van der Waals surface area (Å²) in [5.41, 5.74) is -2.99. The van der Waals surface area contributed by atoms with E-state index in [1.807, 2.05) is 27.7 Å². The highest BCUT2D eigenvalue weighted by Gasteiger charge is 2.61. The molecule has 2 rings (SSSR count). The first-order chi connectivity index (χ1) is 19.8. The molecule has 246 valence electrons. The first kappa shape index (κ1) is 37.1. The topological polar surface area (TPSA) is 140 Å². The average molecular weight is 609 g/mol. The number of Topliss-reactive ketones (excluding diaryl/α,β-unsaturated/α-hetero) is 1. The summed E-state index contributed by atoms with van der Waals surface area (Å²) in [5.74, 6) is -5.19. The van der Waals surface area contributed by atoms with E-state index in [9.17, 15) is 29.7 Å². The van der Waals surface area contributed by atoms with Gasteiger partial charge in [0.15, 0.2) is 11.9 Å². The van der Waals surface area contributed by atoms with Crippen molar-refractivity contribution in [1.82, 2.24) is 0 Å². The SMILES string of the molecule is C=C1C(OCC(C)C)C(OC(=O)C(C)CC)C(O)C(C)(C)/C=C\C(C)C(=O)C2(O)CC(C)C(O)C2C1OC(=O)C(C)CC. The second-order valence-electron chi connectivity index (χ2n) is 14.0. The van der Waals surface area contributed by atoms with Crippen LogP contribution in [0.15, 0.2) is 24.3 Å². The molecule has 0 spiro atoms. The van der Waals surface area contributed by atoms with E-state index in [0.29, 0.717) is 12.8 Å².